The van der Waals surface area contributed by atoms with Gasteiger partial charge in [0.15, 0.2) is 5.69 Å². The summed E-state index contributed by atoms with van der Waals surface area (Å²) in [5.74, 6) is 0. The van der Waals surface area contributed by atoms with Crippen molar-refractivity contribution in [2.45, 2.75) is 20.8 Å². The Morgan fingerprint density at radius 3 is 2.32 bits per heavy atom. The molecule has 5 heteroatoms. The van der Waals surface area contributed by atoms with Gasteiger partial charge in [-0.05, 0) is 45.0 Å². The number of benzene rings is 1. The van der Waals surface area contributed by atoms with Gasteiger partial charge in [0, 0.05) is 18.8 Å². The molecule has 0 aliphatic rings. The SMILES string of the molecule is CCN(CC)c1ccc(-n2nnc(C#N)c2C)cc1. The molecule has 0 saturated carbocycles. The molecule has 0 fully saturated rings. The van der Waals surface area contributed by atoms with E-state index in [9.17, 15) is 0 Å². The first-order valence-corrected chi connectivity index (χ1v) is 6.39. The number of aromatic nitrogens is 3. The summed E-state index contributed by atoms with van der Waals surface area (Å²) >= 11 is 0. The van der Waals surface area contributed by atoms with E-state index in [-0.39, 0.29) is 0 Å². The van der Waals surface area contributed by atoms with Gasteiger partial charge in [-0.3, -0.25) is 0 Å². The molecular formula is C14H17N5. The maximum Gasteiger partial charge on any atom is 0.186 e. The van der Waals surface area contributed by atoms with Crippen molar-refractivity contribution in [3.8, 4) is 11.8 Å². The van der Waals surface area contributed by atoms with Gasteiger partial charge in [-0.15, -0.1) is 5.10 Å². The molecule has 0 radical (unpaired) electrons. The van der Waals surface area contributed by atoms with Crippen molar-refractivity contribution in [1.29, 1.82) is 5.26 Å². The number of nitriles is 1. The number of hydrogen-bond donors (Lipinski definition) is 0. The Labute approximate surface area is 113 Å². The fraction of sp³-hybridized carbons (Fsp3) is 0.357. The minimum atomic E-state index is 0.368. The molecule has 0 saturated heterocycles. The van der Waals surface area contributed by atoms with Crippen molar-refractivity contribution in [1.82, 2.24) is 15.0 Å². The van der Waals surface area contributed by atoms with Gasteiger partial charge in [0.2, 0.25) is 0 Å². The van der Waals surface area contributed by atoms with Crippen molar-refractivity contribution in [2.75, 3.05) is 18.0 Å². The molecule has 0 unspecified atom stereocenters. The molecule has 0 amide bonds. The Bertz CT molecular complexity index is 587. The van der Waals surface area contributed by atoms with E-state index in [0.717, 1.165) is 24.5 Å². The van der Waals surface area contributed by atoms with Crippen molar-refractivity contribution >= 4 is 5.69 Å². The van der Waals surface area contributed by atoms with Crippen molar-refractivity contribution in [2.24, 2.45) is 0 Å². The summed E-state index contributed by atoms with van der Waals surface area (Å²) in [6.45, 7) is 8.08. The van der Waals surface area contributed by atoms with E-state index in [1.807, 2.05) is 25.1 Å². The van der Waals surface area contributed by atoms with Crippen LogP contribution in [0.15, 0.2) is 24.3 Å². The molecule has 0 aliphatic heterocycles. The molecule has 1 aromatic heterocycles. The molecule has 5 nitrogen and oxygen atoms in total. The molecule has 0 bridgehead atoms. The fourth-order valence-corrected chi connectivity index (χ4v) is 2.07. The summed E-state index contributed by atoms with van der Waals surface area (Å²) in [5.41, 5.74) is 3.24. The third-order valence-electron chi connectivity index (χ3n) is 3.22. The lowest BCUT2D eigenvalue weighted by Gasteiger charge is -2.21. The Hall–Kier alpha value is -2.35. The summed E-state index contributed by atoms with van der Waals surface area (Å²) in [5, 5.41) is 16.7. The van der Waals surface area contributed by atoms with E-state index >= 15 is 0 Å². The van der Waals surface area contributed by atoms with Gasteiger partial charge < -0.3 is 4.90 Å². The van der Waals surface area contributed by atoms with Crippen LogP contribution in [-0.2, 0) is 0 Å². The van der Waals surface area contributed by atoms with Gasteiger partial charge in [-0.1, -0.05) is 5.21 Å². The molecule has 0 N–H and O–H groups in total. The van der Waals surface area contributed by atoms with E-state index < -0.39 is 0 Å². The highest BCUT2D eigenvalue weighted by atomic mass is 15.4. The Balaban J connectivity index is 2.32. The predicted octanol–water partition coefficient (Wildman–Crippen LogP) is 2.29. The summed E-state index contributed by atoms with van der Waals surface area (Å²) in [7, 11) is 0. The molecule has 1 heterocycles. The molecule has 0 atom stereocenters. The Morgan fingerprint density at radius 1 is 1.21 bits per heavy atom. The van der Waals surface area contributed by atoms with E-state index in [2.05, 4.69) is 41.2 Å². The Morgan fingerprint density at radius 2 is 1.84 bits per heavy atom. The summed E-state index contributed by atoms with van der Waals surface area (Å²) < 4.78 is 1.69. The maximum absolute atomic E-state index is 8.89. The van der Waals surface area contributed by atoms with E-state index in [1.54, 1.807) is 4.68 Å². The highest BCUT2D eigenvalue weighted by molar-refractivity contribution is 5.51. The van der Waals surface area contributed by atoms with Gasteiger partial charge >= 0.3 is 0 Å². The van der Waals surface area contributed by atoms with Gasteiger partial charge in [0.25, 0.3) is 0 Å². The van der Waals surface area contributed by atoms with Crippen LogP contribution in [0.5, 0.6) is 0 Å². The topological polar surface area (TPSA) is 57.7 Å². The quantitative estimate of drug-likeness (QED) is 0.841. The van der Waals surface area contributed by atoms with Crippen LogP contribution in [0.1, 0.15) is 25.2 Å². The van der Waals surface area contributed by atoms with Crippen LogP contribution in [0.3, 0.4) is 0 Å². The number of hydrogen-bond acceptors (Lipinski definition) is 4. The zero-order valence-corrected chi connectivity index (χ0v) is 11.5. The number of nitrogens with zero attached hydrogens (tertiary/aromatic N) is 5. The lowest BCUT2D eigenvalue weighted by Crippen LogP contribution is -2.21. The minimum absolute atomic E-state index is 0.368. The summed E-state index contributed by atoms with van der Waals surface area (Å²) in [6, 6.07) is 10.2. The lowest BCUT2D eigenvalue weighted by atomic mass is 10.2. The fourth-order valence-electron chi connectivity index (χ4n) is 2.07. The van der Waals surface area contributed by atoms with Crippen LogP contribution >= 0.6 is 0 Å². The number of anilines is 1. The van der Waals surface area contributed by atoms with E-state index in [4.69, 9.17) is 5.26 Å². The van der Waals surface area contributed by atoms with Gasteiger partial charge in [0.1, 0.15) is 6.07 Å². The maximum atomic E-state index is 8.89. The zero-order chi connectivity index (χ0) is 13.8. The average molecular weight is 255 g/mol. The molecule has 2 rings (SSSR count). The van der Waals surface area contributed by atoms with E-state index in [1.165, 1.54) is 5.69 Å². The third kappa shape index (κ3) is 2.43. The van der Waals surface area contributed by atoms with Gasteiger partial charge in [-0.2, -0.15) is 5.26 Å². The minimum Gasteiger partial charge on any atom is -0.372 e. The second-order valence-corrected chi connectivity index (χ2v) is 4.24. The molecule has 1 aromatic carbocycles. The first-order valence-electron chi connectivity index (χ1n) is 6.39. The van der Waals surface area contributed by atoms with Crippen LogP contribution in [0.25, 0.3) is 5.69 Å². The van der Waals surface area contributed by atoms with Crippen LogP contribution in [0.4, 0.5) is 5.69 Å². The third-order valence-corrected chi connectivity index (χ3v) is 3.22. The normalized spacial score (nSPS) is 10.2. The van der Waals surface area contributed by atoms with Crippen LogP contribution in [0.2, 0.25) is 0 Å². The second-order valence-electron chi connectivity index (χ2n) is 4.24. The number of rotatable bonds is 4. The van der Waals surface area contributed by atoms with Crippen molar-refractivity contribution < 1.29 is 0 Å². The standard InChI is InChI=1S/C14H17N5/c1-4-18(5-2)12-6-8-13(9-7-12)19-11(3)14(10-15)16-17-19/h6-9H,4-5H2,1-3H3. The van der Waals surface area contributed by atoms with Crippen LogP contribution < -0.4 is 4.90 Å². The van der Waals surface area contributed by atoms with Gasteiger partial charge in [-0.25, -0.2) is 4.68 Å². The Kier molecular flexibility index (Phi) is 3.81. The second kappa shape index (κ2) is 5.53. The molecule has 2 aromatic rings. The summed E-state index contributed by atoms with van der Waals surface area (Å²) in [4.78, 5) is 2.28. The monoisotopic (exact) mass is 255 g/mol. The highest BCUT2D eigenvalue weighted by Gasteiger charge is 2.09. The molecule has 19 heavy (non-hydrogen) atoms. The van der Waals surface area contributed by atoms with Crippen LogP contribution in [-0.4, -0.2) is 28.1 Å². The molecule has 0 aliphatic carbocycles. The van der Waals surface area contributed by atoms with Crippen molar-refractivity contribution in [3.05, 3.63) is 35.7 Å². The summed E-state index contributed by atoms with van der Waals surface area (Å²) in [6.07, 6.45) is 0. The first kappa shape index (κ1) is 13.1. The molecular weight excluding hydrogens is 238 g/mol. The largest absolute Gasteiger partial charge is 0.372 e. The first-order chi connectivity index (χ1) is 9.21. The van der Waals surface area contributed by atoms with E-state index in [0.29, 0.717) is 5.69 Å². The predicted molar refractivity (Wildman–Crippen MR) is 74.4 cm³/mol. The van der Waals surface area contributed by atoms with Crippen LogP contribution in [0, 0.1) is 18.3 Å². The van der Waals surface area contributed by atoms with Gasteiger partial charge in [0.05, 0.1) is 11.4 Å². The van der Waals surface area contributed by atoms with Crippen molar-refractivity contribution in [3.63, 3.8) is 0 Å². The molecule has 0 spiro atoms. The molecule has 98 valence electrons. The average Bonchev–Trinajstić information content (AvgIpc) is 2.82. The zero-order valence-electron chi connectivity index (χ0n) is 11.5. The highest BCUT2D eigenvalue weighted by Crippen LogP contribution is 2.18. The lowest BCUT2D eigenvalue weighted by molar-refractivity contribution is 0.784. The smallest absolute Gasteiger partial charge is 0.186 e.